The number of hydrogen-bond acceptors (Lipinski definition) is 5. The van der Waals surface area contributed by atoms with E-state index in [-0.39, 0.29) is 11.4 Å². The number of halogens is 2. The third kappa shape index (κ3) is 6.65. The SMILES string of the molecule is CC(C)(C)[n+]1ccc(-c2ccc(F)cc2)o1.[O-][Cl+3]([O-])([O-])[O-]. The fourth-order valence-corrected chi connectivity index (χ4v) is 1.43. The van der Waals surface area contributed by atoms with Crippen molar-refractivity contribution in [3.63, 3.8) is 0 Å². The lowest BCUT2D eigenvalue weighted by molar-refractivity contribution is -2.00. The van der Waals surface area contributed by atoms with Crippen molar-refractivity contribution < 1.29 is 42.5 Å². The molecule has 8 heteroatoms. The molecular weight excluding hydrogens is 305 g/mol. The fraction of sp³-hybridized carbons (Fsp3) is 0.308. The van der Waals surface area contributed by atoms with E-state index in [0.29, 0.717) is 0 Å². The molecule has 1 aromatic heterocycles. The Morgan fingerprint density at radius 1 is 1.00 bits per heavy atom. The molecule has 0 aliphatic carbocycles. The molecule has 0 spiro atoms. The maximum Gasteiger partial charge on any atom is 0.221 e. The van der Waals surface area contributed by atoms with Crippen molar-refractivity contribution in [1.82, 2.24) is 0 Å². The fourth-order valence-electron chi connectivity index (χ4n) is 1.43. The summed E-state index contributed by atoms with van der Waals surface area (Å²) in [5.41, 5.74) is 0.794. The average molecular weight is 320 g/mol. The van der Waals surface area contributed by atoms with E-state index in [1.807, 2.05) is 12.3 Å². The molecular formula is C13H15ClFNO5. The Bertz CT molecular complexity index is 565. The van der Waals surface area contributed by atoms with Gasteiger partial charge in [-0.3, -0.25) is 0 Å². The van der Waals surface area contributed by atoms with Crippen molar-refractivity contribution in [3.05, 3.63) is 42.3 Å². The van der Waals surface area contributed by atoms with Crippen LogP contribution in [0, 0.1) is 16.1 Å². The van der Waals surface area contributed by atoms with Crippen LogP contribution in [-0.4, -0.2) is 0 Å². The normalized spacial score (nSPS) is 11.8. The first-order valence-corrected chi connectivity index (χ1v) is 7.10. The number of aromatic nitrogens is 1. The summed E-state index contributed by atoms with van der Waals surface area (Å²) in [5.74, 6) is 0.508. The van der Waals surface area contributed by atoms with Crippen molar-refractivity contribution >= 4 is 0 Å². The minimum atomic E-state index is -4.94. The van der Waals surface area contributed by atoms with E-state index in [2.05, 4.69) is 20.8 Å². The lowest BCUT2D eigenvalue weighted by Crippen LogP contribution is -2.68. The minimum absolute atomic E-state index is 0.0850. The number of benzene rings is 1. The highest BCUT2D eigenvalue weighted by Crippen LogP contribution is 2.19. The van der Waals surface area contributed by atoms with Gasteiger partial charge in [0.1, 0.15) is 5.82 Å². The van der Waals surface area contributed by atoms with Crippen molar-refractivity contribution in [2.75, 3.05) is 0 Å². The van der Waals surface area contributed by atoms with E-state index >= 15 is 0 Å². The van der Waals surface area contributed by atoms with E-state index < -0.39 is 10.2 Å². The maximum absolute atomic E-state index is 12.8. The Balaban J connectivity index is 0.000000383. The van der Waals surface area contributed by atoms with Crippen molar-refractivity contribution in [2.24, 2.45) is 0 Å². The van der Waals surface area contributed by atoms with Crippen LogP contribution in [0.1, 0.15) is 20.8 Å². The molecule has 2 aromatic rings. The van der Waals surface area contributed by atoms with Gasteiger partial charge in [-0.1, -0.05) is 0 Å². The van der Waals surface area contributed by atoms with Crippen LogP contribution in [0.15, 0.2) is 41.1 Å². The zero-order chi connectivity index (χ0) is 16.3. The van der Waals surface area contributed by atoms with E-state index in [1.165, 1.54) is 12.1 Å². The second-order valence-corrected chi connectivity index (χ2v) is 5.91. The molecule has 116 valence electrons. The summed E-state index contributed by atoms with van der Waals surface area (Å²) in [4.78, 5) is 0. The highest BCUT2D eigenvalue weighted by Gasteiger charge is 2.26. The molecule has 0 saturated carbocycles. The highest BCUT2D eigenvalue weighted by molar-refractivity contribution is 5.55. The Morgan fingerprint density at radius 2 is 1.48 bits per heavy atom. The summed E-state index contributed by atoms with van der Waals surface area (Å²) >= 11 is 0. The van der Waals surface area contributed by atoms with Crippen LogP contribution in [0.4, 0.5) is 4.39 Å². The molecule has 0 aliphatic rings. The van der Waals surface area contributed by atoms with Gasteiger partial charge in [0.15, 0.2) is 0 Å². The molecule has 1 aromatic carbocycles. The lowest BCUT2D eigenvalue weighted by atomic mass is 10.1. The number of nitrogens with zero attached hydrogens (tertiary/aromatic N) is 1. The van der Waals surface area contributed by atoms with E-state index in [4.69, 9.17) is 23.2 Å². The monoisotopic (exact) mass is 319 g/mol. The van der Waals surface area contributed by atoms with Crippen LogP contribution < -0.4 is 23.4 Å². The molecule has 1 heterocycles. The van der Waals surface area contributed by atoms with Crippen LogP contribution in [0.3, 0.4) is 0 Å². The predicted molar refractivity (Wildman–Crippen MR) is 59.3 cm³/mol. The first-order valence-electron chi connectivity index (χ1n) is 5.87. The van der Waals surface area contributed by atoms with Crippen molar-refractivity contribution in [3.8, 4) is 11.3 Å². The summed E-state index contributed by atoms with van der Waals surface area (Å²) in [6.45, 7) is 6.18. The van der Waals surface area contributed by atoms with Gasteiger partial charge >= 0.3 is 0 Å². The van der Waals surface area contributed by atoms with Crippen molar-refractivity contribution in [1.29, 1.82) is 0 Å². The Hall–Kier alpha value is -1.51. The molecule has 0 N–H and O–H groups in total. The van der Waals surface area contributed by atoms with Gasteiger partial charge in [0.05, 0.1) is 6.07 Å². The zero-order valence-corrected chi connectivity index (χ0v) is 12.5. The summed E-state index contributed by atoms with van der Waals surface area (Å²) in [5, 5.41) is 0. The molecule has 0 saturated heterocycles. The van der Waals surface area contributed by atoms with Crippen LogP contribution in [-0.2, 0) is 5.54 Å². The summed E-state index contributed by atoms with van der Waals surface area (Å²) in [6.07, 6.45) is 1.89. The second-order valence-electron chi connectivity index (χ2n) is 5.15. The van der Waals surface area contributed by atoms with Gasteiger partial charge < -0.3 is 0 Å². The topological polar surface area (TPSA) is 109 Å². The molecule has 0 unspecified atom stereocenters. The Labute approximate surface area is 123 Å². The summed E-state index contributed by atoms with van der Waals surface area (Å²) < 4.78 is 54.2. The molecule has 21 heavy (non-hydrogen) atoms. The number of hydrogen-bond donors (Lipinski definition) is 0. The first kappa shape index (κ1) is 17.5. The van der Waals surface area contributed by atoms with Gasteiger partial charge in [0, 0.05) is 26.3 Å². The van der Waals surface area contributed by atoms with E-state index in [0.717, 1.165) is 11.3 Å². The van der Waals surface area contributed by atoms with Gasteiger partial charge in [-0.25, -0.2) is 27.5 Å². The Morgan fingerprint density at radius 3 is 1.86 bits per heavy atom. The second kappa shape index (κ2) is 6.50. The lowest BCUT2D eigenvalue weighted by Gasteiger charge is -2.17. The van der Waals surface area contributed by atoms with Crippen LogP contribution in [0.5, 0.6) is 0 Å². The highest BCUT2D eigenvalue weighted by atomic mass is 35.7. The molecule has 0 amide bonds. The van der Waals surface area contributed by atoms with Crippen LogP contribution >= 0.6 is 0 Å². The van der Waals surface area contributed by atoms with Gasteiger partial charge in [0.25, 0.3) is 0 Å². The van der Waals surface area contributed by atoms with Crippen molar-refractivity contribution in [2.45, 2.75) is 26.3 Å². The van der Waals surface area contributed by atoms with Gasteiger partial charge in [0.2, 0.25) is 17.5 Å². The number of rotatable bonds is 1. The maximum atomic E-state index is 12.8. The summed E-state index contributed by atoms with van der Waals surface area (Å²) in [7, 11) is -4.94. The molecule has 0 aliphatic heterocycles. The summed E-state index contributed by atoms with van der Waals surface area (Å²) in [6, 6.07) is 8.17. The van der Waals surface area contributed by atoms with Crippen LogP contribution in [0.2, 0.25) is 0 Å². The third-order valence-electron chi connectivity index (χ3n) is 2.35. The van der Waals surface area contributed by atoms with Gasteiger partial charge in [-0.05, 0) is 29.0 Å². The average Bonchev–Trinajstić information content (AvgIpc) is 2.76. The standard InChI is InChI=1S/C13H15FNO.ClHO4/c1-13(2,3)15-9-8-12(16-15)10-4-6-11(14)7-5-10;2-1(3,4)5/h4-9H,1-3H3;(H,2,3,4,5)/q+1;/p-1. The molecule has 0 bridgehead atoms. The molecule has 0 fully saturated rings. The van der Waals surface area contributed by atoms with Crippen LogP contribution in [0.25, 0.3) is 11.3 Å². The van der Waals surface area contributed by atoms with Gasteiger partial charge in [-0.2, -0.15) is 0 Å². The predicted octanol–water partition coefficient (Wildman–Crippen LogP) is -1.63. The smallest absolute Gasteiger partial charge is 0.221 e. The molecule has 0 atom stereocenters. The first-order chi connectivity index (χ1) is 9.47. The zero-order valence-electron chi connectivity index (χ0n) is 11.7. The van der Waals surface area contributed by atoms with E-state index in [9.17, 15) is 4.39 Å². The van der Waals surface area contributed by atoms with Gasteiger partial charge in [-0.15, -0.1) is 10.2 Å². The molecule has 2 rings (SSSR count). The quantitative estimate of drug-likeness (QED) is 0.586. The third-order valence-corrected chi connectivity index (χ3v) is 2.35. The minimum Gasteiger partial charge on any atom is -0.236 e. The largest absolute Gasteiger partial charge is 0.236 e. The van der Waals surface area contributed by atoms with E-state index in [1.54, 1.807) is 16.9 Å². The molecule has 6 nitrogen and oxygen atoms in total. The Kier molecular flexibility index (Phi) is 5.43. The molecule has 0 radical (unpaired) electrons.